The predicted molar refractivity (Wildman–Crippen MR) is 51.9 cm³/mol. The summed E-state index contributed by atoms with van der Waals surface area (Å²) in [5.74, 6) is 5.60. The third kappa shape index (κ3) is 2.00. The zero-order valence-corrected chi connectivity index (χ0v) is 7.81. The second-order valence-electron chi connectivity index (χ2n) is 3.01. The highest BCUT2D eigenvalue weighted by Crippen LogP contribution is 2.17. The number of halogens is 1. The molecule has 78 valence electrons. The number of hydrogen-bond acceptors (Lipinski definition) is 4. The van der Waals surface area contributed by atoms with Crippen LogP contribution in [-0.2, 0) is 0 Å². The maximum atomic E-state index is 12.9. The van der Waals surface area contributed by atoms with Crippen LogP contribution in [0.3, 0.4) is 0 Å². The Bertz CT molecular complexity index is 428. The number of nitrogens with zero attached hydrogens (tertiary/aromatic N) is 2. The number of nitrogens with one attached hydrogen (secondary N) is 2. The number of hydrogen-bond donors (Lipinski definition) is 3. The SMILES string of the molecule is NNC(c1cncc(F)c1)c1ncc[nH]1. The quantitative estimate of drug-likeness (QED) is 0.505. The Labute approximate surface area is 85.5 Å². The molecule has 0 aliphatic carbocycles. The van der Waals surface area contributed by atoms with E-state index < -0.39 is 5.82 Å². The maximum absolute atomic E-state index is 12.9. The first kappa shape index (κ1) is 9.75. The number of imidazole rings is 1. The molecule has 2 aromatic heterocycles. The lowest BCUT2D eigenvalue weighted by atomic mass is 10.1. The number of aromatic nitrogens is 3. The average Bonchev–Trinajstić information content (AvgIpc) is 2.72. The van der Waals surface area contributed by atoms with Crippen molar-refractivity contribution in [3.05, 3.63) is 48.1 Å². The first-order valence-corrected chi connectivity index (χ1v) is 4.37. The van der Waals surface area contributed by atoms with Crippen molar-refractivity contribution in [2.45, 2.75) is 6.04 Å². The molecule has 15 heavy (non-hydrogen) atoms. The molecule has 1 unspecified atom stereocenters. The van der Waals surface area contributed by atoms with Crippen LogP contribution < -0.4 is 11.3 Å². The number of nitrogens with two attached hydrogens (primary N) is 1. The molecule has 0 radical (unpaired) electrons. The van der Waals surface area contributed by atoms with Gasteiger partial charge in [0.25, 0.3) is 0 Å². The summed E-state index contributed by atoms with van der Waals surface area (Å²) in [6.07, 6.45) is 5.95. The van der Waals surface area contributed by atoms with E-state index in [4.69, 9.17) is 5.84 Å². The van der Waals surface area contributed by atoms with Crippen molar-refractivity contribution < 1.29 is 4.39 Å². The van der Waals surface area contributed by atoms with E-state index in [1.165, 1.54) is 12.3 Å². The number of rotatable bonds is 3. The standard InChI is InChI=1S/C9H10FN5/c10-7-3-6(4-12-5-7)8(15-11)9-13-1-2-14-9/h1-5,8,15H,11H2,(H,13,14). The molecule has 0 fully saturated rings. The second-order valence-corrected chi connectivity index (χ2v) is 3.01. The van der Waals surface area contributed by atoms with Gasteiger partial charge in [0, 0.05) is 18.6 Å². The minimum absolute atomic E-state index is 0.386. The van der Waals surface area contributed by atoms with E-state index in [9.17, 15) is 4.39 Å². The minimum atomic E-state index is -0.403. The molecule has 0 aliphatic heterocycles. The lowest BCUT2D eigenvalue weighted by Crippen LogP contribution is -2.29. The number of aromatic amines is 1. The van der Waals surface area contributed by atoms with Crippen LogP contribution in [0, 0.1) is 5.82 Å². The summed E-state index contributed by atoms with van der Waals surface area (Å²) >= 11 is 0. The van der Waals surface area contributed by atoms with Crippen LogP contribution >= 0.6 is 0 Å². The average molecular weight is 207 g/mol. The summed E-state index contributed by atoms with van der Waals surface area (Å²) < 4.78 is 12.9. The summed E-state index contributed by atoms with van der Waals surface area (Å²) in [5.41, 5.74) is 3.17. The molecule has 0 aliphatic rings. The molecule has 0 saturated heterocycles. The van der Waals surface area contributed by atoms with Crippen molar-refractivity contribution in [2.75, 3.05) is 0 Å². The molecular formula is C9H10FN5. The van der Waals surface area contributed by atoms with Gasteiger partial charge in [0.2, 0.25) is 0 Å². The van der Waals surface area contributed by atoms with E-state index in [2.05, 4.69) is 20.4 Å². The molecule has 0 aromatic carbocycles. The van der Waals surface area contributed by atoms with Crippen LogP contribution in [0.2, 0.25) is 0 Å². The largest absolute Gasteiger partial charge is 0.347 e. The zero-order valence-electron chi connectivity index (χ0n) is 7.81. The van der Waals surface area contributed by atoms with Gasteiger partial charge in [0.1, 0.15) is 17.7 Å². The molecule has 2 heterocycles. The topological polar surface area (TPSA) is 79.6 Å². The van der Waals surface area contributed by atoms with Gasteiger partial charge in [0.05, 0.1) is 6.20 Å². The number of H-pyrrole nitrogens is 1. The number of pyridine rings is 1. The van der Waals surface area contributed by atoms with Crippen LogP contribution in [0.4, 0.5) is 4.39 Å². The van der Waals surface area contributed by atoms with Crippen LogP contribution in [0.5, 0.6) is 0 Å². The van der Waals surface area contributed by atoms with Gasteiger partial charge in [0.15, 0.2) is 0 Å². The van der Waals surface area contributed by atoms with Crippen molar-refractivity contribution in [1.29, 1.82) is 0 Å². The second kappa shape index (κ2) is 4.16. The van der Waals surface area contributed by atoms with Gasteiger partial charge in [-0.3, -0.25) is 10.8 Å². The first-order chi connectivity index (χ1) is 7.31. The fourth-order valence-corrected chi connectivity index (χ4v) is 1.35. The minimum Gasteiger partial charge on any atom is -0.347 e. The Morgan fingerprint density at radius 3 is 2.93 bits per heavy atom. The van der Waals surface area contributed by atoms with Crippen molar-refractivity contribution >= 4 is 0 Å². The Morgan fingerprint density at radius 1 is 1.47 bits per heavy atom. The predicted octanol–water partition coefficient (Wildman–Crippen LogP) is 0.496. The van der Waals surface area contributed by atoms with Crippen LogP contribution in [0.25, 0.3) is 0 Å². The molecule has 0 saturated carbocycles. The first-order valence-electron chi connectivity index (χ1n) is 4.37. The van der Waals surface area contributed by atoms with Gasteiger partial charge >= 0.3 is 0 Å². The van der Waals surface area contributed by atoms with Crippen LogP contribution in [0.1, 0.15) is 17.4 Å². The molecule has 2 aromatic rings. The van der Waals surface area contributed by atoms with Crippen LogP contribution in [0.15, 0.2) is 30.9 Å². The van der Waals surface area contributed by atoms with E-state index >= 15 is 0 Å². The van der Waals surface area contributed by atoms with E-state index in [0.29, 0.717) is 11.4 Å². The Hall–Kier alpha value is -1.79. The van der Waals surface area contributed by atoms with E-state index in [1.54, 1.807) is 12.4 Å². The molecule has 6 heteroatoms. The Kier molecular flexibility index (Phi) is 2.70. The van der Waals surface area contributed by atoms with Gasteiger partial charge in [-0.1, -0.05) is 0 Å². The molecule has 4 N–H and O–H groups in total. The molecule has 0 bridgehead atoms. The molecule has 5 nitrogen and oxygen atoms in total. The van der Waals surface area contributed by atoms with Gasteiger partial charge < -0.3 is 4.98 Å². The van der Waals surface area contributed by atoms with E-state index in [-0.39, 0.29) is 6.04 Å². The summed E-state index contributed by atoms with van der Waals surface area (Å²) in [6, 6.07) is 0.975. The highest BCUT2D eigenvalue weighted by Gasteiger charge is 2.15. The van der Waals surface area contributed by atoms with Crippen molar-refractivity contribution in [1.82, 2.24) is 20.4 Å². The molecular weight excluding hydrogens is 197 g/mol. The molecule has 2 rings (SSSR count). The molecule has 1 atom stereocenters. The van der Waals surface area contributed by atoms with Gasteiger partial charge in [-0.25, -0.2) is 14.8 Å². The maximum Gasteiger partial charge on any atom is 0.141 e. The molecule has 0 amide bonds. The summed E-state index contributed by atoms with van der Waals surface area (Å²) in [5, 5.41) is 0. The van der Waals surface area contributed by atoms with Crippen molar-refractivity contribution in [3.63, 3.8) is 0 Å². The summed E-state index contributed by atoms with van der Waals surface area (Å²) in [6.45, 7) is 0. The monoisotopic (exact) mass is 207 g/mol. The summed E-state index contributed by atoms with van der Waals surface area (Å²) in [7, 11) is 0. The van der Waals surface area contributed by atoms with Gasteiger partial charge in [-0.2, -0.15) is 0 Å². The van der Waals surface area contributed by atoms with E-state index in [1.807, 2.05) is 0 Å². The zero-order chi connectivity index (χ0) is 10.7. The normalized spacial score (nSPS) is 12.7. The van der Waals surface area contributed by atoms with Gasteiger partial charge in [-0.15, -0.1) is 0 Å². The van der Waals surface area contributed by atoms with Crippen molar-refractivity contribution in [2.24, 2.45) is 5.84 Å². The smallest absolute Gasteiger partial charge is 0.141 e. The summed E-state index contributed by atoms with van der Waals surface area (Å²) in [4.78, 5) is 10.7. The van der Waals surface area contributed by atoms with Gasteiger partial charge in [-0.05, 0) is 11.6 Å². The lowest BCUT2D eigenvalue weighted by Gasteiger charge is -2.12. The Morgan fingerprint density at radius 2 is 2.33 bits per heavy atom. The highest BCUT2D eigenvalue weighted by atomic mass is 19.1. The lowest BCUT2D eigenvalue weighted by molar-refractivity contribution is 0.584. The fraction of sp³-hybridized carbons (Fsp3) is 0.111. The highest BCUT2D eigenvalue weighted by molar-refractivity contribution is 5.21. The van der Waals surface area contributed by atoms with Crippen LogP contribution in [-0.4, -0.2) is 15.0 Å². The Balaban J connectivity index is 2.35. The number of hydrazine groups is 1. The fourth-order valence-electron chi connectivity index (χ4n) is 1.35. The molecule has 0 spiro atoms. The third-order valence-electron chi connectivity index (χ3n) is 2.02. The van der Waals surface area contributed by atoms with Crippen molar-refractivity contribution in [3.8, 4) is 0 Å². The van der Waals surface area contributed by atoms with E-state index in [0.717, 1.165) is 6.20 Å². The third-order valence-corrected chi connectivity index (χ3v) is 2.02.